The van der Waals surface area contributed by atoms with Crippen LogP contribution >= 0.6 is 0 Å². The summed E-state index contributed by atoms with van der Waals surface area (Å²) < 4.78 is 7.29. The third kappa shape index (κ3) is 4.29. The summed E-state index contributed by atoms with van der Waals surface area (Å²) >= 11 is 0. The van der Waals surface area contributed by atoms with Crippen LogP contribution in [0.25, 0.3) is 11.2 Å². The number of methoxy groups -OCH3 is 1. The number of likely N-dealkylation sites (tertiary alicyclic amines) is 1. The van der Waals surface area contributed by atoms with E-state index in [1.807, 2.05) is 36.5 Å². The van der Waals surface area contributed by atoms with E-state index in [1.165, 1.54) is 50.6 Å². The smallest absolute Gasteiger partial charge is 0.337 e. The van der Waals surface area contributed by atoms with Crippen LogP contribution in [0.5, 0.6) is 0 Å². The van der Waals surface area contributed by atoms with E-state index in [-0.39, 0.29) is 5.97 Å². The van der Waals surface area contributed by atoms with Crippen molar-refractivity contribution in [2.45, 2.75) is 63.5 Å². The molecule has 1 aromatic carbocycles. The Hall–Kier alpha value is -2.73. The van der Waals surface area contributed by atoms with Gasteiger partial charge in [0, 0.05) is 37.8 Å². The number of benzene rings is 1. The van der Waals surface area contributed by atoms with Crippen LogP contribution in [0.1, 0.15) is 78.7 Å². The second-order valence-electron chi connectivity index (χ2n) is 9.22. The highest BCUT2D eigenvalue weighted by Gasteiger charge is 2.29. The summed E-state index contributed by atoms with van der Waals surface area (Å²) in [6, 6.07) is 12.3. The number of pyridine rings is 1. The fourth-order valence-corrected chi connectivity index (χ4v) is 5.41. The molecule has 0 bridgehead atoms. The number of ether oxygens (including phenoxy) is 1. The summed E-state index contributed by atoms with van der Waals surface area (Å²) in [6.07, 6.45) is 10.6. The number of carbonyl (C=O) groups is 1. The van der Waals surface area contributed by atoms with Crippen LogP contribution in [-0.4, -0.2) is 45.6 Å². The van der Waals surface area contributed by atoms with Gasteiger partial charge in [-0.2, -0.15) is 0 Å². The average Bonchev–Trinajstić information content (AvgIpc) is 3.25. The molecule has 32 heavy (non-hydrogen) atoms. The van der Waals surface area contributed by atoms with Gasteiger partial charge in [0.2, 0.25) is 0 Å². The molecule has 1 saturated heterocycles. The maximum atomic E-state index is 11.7. The van der Waals surface area contributed by atoms with Crippen molar-refractivity contribution in [3.63, 3.8) is 0 Å². The topological polar surface area (TPSA) is 60.2 Å². The zero-order chi connectivity index (χ0) is 21.9. The Morgan fingerprint density at radius 3 is 2.50 bits per heavy atom. The zero-order valence-corrected chi connectivity index (χ0v) is 18.9. The second kappa shape index (κ2) is 9.41. The number of hydrogen-bond donors (Lipinski definition) is 0. The molecule has 2 aromatic heterocycles. The van der Waals surface area contributed by atoms with Crippen molar-refractivity contribution in [3.8, 4) is 0 Å². The van der Waals surface area contributed by atoms with E-state index in [0.29, 0.717) is 17.5 Å². The van der Waals surface area contributed by atoms with E-state index in [1.54, 1.807) is 0 Å². The van der Waals surface area contributed by atoms with Gasteiger partial charge >= 0.3 is 5.97 Å². The predicted molar refractivity (Wildman–Crippen MR) is 125 cm³/mol. The lowest BCUT2D eigenvalue weighted by Gasteiger charge is -2.34. The molecule has 6 heteroatoms. The summed E-state index contributed by atoms with van der Waals surface area (Å²) in [5, 5.41) is 0. The first kappa shape index (κ1) is 21.1. The highest BCUT2D eigenvalue weighted by atomic mass is 16.5. The SMILES string of the molecule is COC(=O)c1ccc(CN2CCC(n3c(C4CCCCC4)nc4cccnc43)CC2)cc1. The number of carbonyl (C=O) groups excluding carboxylic acids is 1. The van der Waals surface area contributed by atoms with Crippen LogP contribution in [-0.2, 0) is 11.3 Å². The minimum absolute atomic E-state index is 0.285. The van der Waals surface area contributed by atoms with Crippen LogP contribution in [0.4, 0.5) is 0 Å². The molecule has 1 aliphatic carbocycles. The highest BCUT2D eigenvalue weighted by molar-refractivity contribution is 5.89. The maximum Gasteiger partial charge on any atom is 0.337 e. The molecule has 0 atom stereocenters. The van der Waals surface area contributed by atoms with Crippen molar-refractivity contribution in [1.82, 2.24) is 19.4 Å². The van der Waals surface area contributed by atoms with Gasteiger partial charge < -0.3 is 9.30 Å². The Balaban J connectivity index is 1.29. The molecule has 2 aliphatic rings. The highest BCUT2D eigenvalue weighted by Crippen LogP contribution is 2.37. The quantitative estimate of drug-likeness (QED) is 0.525. The van der Waals surface area contributed by atoms with Gasteiger partial charge in [-0.3, -0.25) is 4.90 Å². The van der Waals surface area contributed by atoms with E-state index in [2.05, 4.69) is 15.5 Å². The van der Waals surface area contributed by atoms with Gasteiger partial charge in [-0.1, -0.05) is 31.4 Å². The van der Waals surface area contributed by atoms with Crippen LogP contribution < -0.4 is 0 Å². The number of imidazole rings is 1. The number of rotatable bonds is 5. The number of aromatic nitrogens is 3. The third-order valence-electron chi connectivity index (χ3n) is 7.15. The number of fused-ring (bicyclic) bond motifs is 1. The standard InChI is InChI=1S/C26H32N4O2/c1-32-26(31)21-11-9-19(10-12-21)18-29-16-13-22(14-17-29)30-24(20-6-3-2-4-7-20)28-23-8-5-15-27-25(23)30/h5,8-12,15,20,22H,2-4,6-7,13-14,16-18H2,1H3. The van der Waals surface area contributed by atoms with Gasteiger partial charge in [0.15, 0.2) is 5.65 Å². The van der Waals surface area contributed by atoms with Crippen LogP contribution in [0.2, 0.25) is 0 Å². The Kier molecular flexibility index (Phi) is 6.21. The Morgan fingerprint density at radius 1 is 1.03 bits per heavy atom. The molecule has 3 aromatic rings. The van der Waals surface area contributed by atoms with Gasteiger partial charge in [0.25, 0.3) is 0 Å². The Bertz CT molecular complexity index is 1060. The van der Waals surface area contributed by atoms with Crippen molar-refractivity contribution in [1.29, 1.82) is 0 Å². The first-order chi connectivity index (χ1) is 15.7. The molecule has 1 aliphatic heterocycles. The molecule has 6 nitrogen and oxygen atoms in total. The Morgan fingerprint density at radius 2 is 1.78 bits per heavy atom. The monoisotopic (exact) mass is 432 g/mol. The number of hydrogen-bond acceptors (Lipinski definition) is 5. The van der Waals surface area contributed by atoms with E-state index in [9.17, 15) is 4.79 Å². The second-order valence-corrected chi connectivity index (χ2v) is 9.22. The number of piperidine rings is 1. The van der Waals surface area contributed by atoms with Gasteiger partial charge in [-0.05, 0) is 55.5 Å². The lowest BCUT2D eigenvalue weighted by molar-refractivity contribution is 0.0600. The molecule has 2 fully saturated rings. The van der Waals surface area contributed by atoms with Crippen molar-refractivity contribution in [2.24, 2.45) is 0 Å². The number of esters is 1. The lowest BCUT2D eigenvalue weighted by Crippen LogP contribution is -2.35. The van der Waals surface area contributed by atoms with Crippen molar-refractivity contribution < 1.29 is 9.53 Å². The molecule has 5 rings (SSSR count). The molecular weight excluding hydrogens is 400 g/mol. The lowest BCUT2D eigenvalue weighted by atomic mass is 9.88. The molecule has 0 amide bonds. The zero-order valence-electron chi connectivity index (χ0n) is 18.9. The third-order valence-corrected chi connectivity index (χ3v) is 7.15. The van der Waals surface area contributed by atoms with E-state index in [0.717, 1.165) is 43.6 Å². The first-order valence-electron chi connectivity index (χ1n) is 12.0. The van der Waals surface area contributed by atoms with Gasteiger partial charge in [-0.25, -0.2) is 14.8 Å². The van der Waals surface area contributed by atoms with Gasteiger partial charge in [0.1, 0.15) is 11.3 Å². The van der Waals surface area contributed by atoms with Crippen LogP contribution in [0.3, 0.4) is 0 Å². The number of nitrogens with zero attached hydrogens (tertiary/aromatic N) is 4. The molecule has 1 saturated carbocycles. The molecular formula is C26H32N4O2. The van der Waals surface area contributed by atoms with Gasteiger partial charge in [-0.15, -0.1) is 0 Å². The largest absolute Gasteiger partial charge is 0.465 e. The van der Waals surface area contributed by atoms with Crippen molar-refractivity contribution in [2.75, 3.05) is 20.2 Å². The van der Waals surface area contributed by atoms with Crippen LogP contribution in [0, 0.1) is 0 Å². The fraction of sp³-hybridized carbons (Fsp3) is 0.500. The summed E-state index contributed by atoms with van der Waals surface area (Å²) in [7, 11) is 1.42. The van der Waals surface area contributed by atoms with Crippen molar-refractivity contribution >= 4 is 17.1 Å². The maximum absolute atomic E-state index is 11.7. The minimum atomic E-state index is -0.285. The predicted octanol–water partition coefficient (Wildman–Crippen LogP) is 5.10. The normalized spacial score (nSPS) is 18.8. The van der Waals surface area contributed by atoms with Crippen LogP contribution in [0.15, 0.2) is 42.6 Å². The summed E-state index contributed by atoms with van der Waals surface area (Å²) in [4.78, 5) is 24.0. The summed E-state index contributed by atoms with van der Waals surface area (Å²) in [5.41, 5.74) is 3.93. The molecule has 3 heterocycles. The summed E-state index contributed by atoms with van der Waals surface area (Å²) in [5.74, 6) is 1.56. The van der Waals surface area contributed by atoms with Crippen molar-refractivity contribution in [3.05, 3.63) is 59.5 Å². The van der Waals surface area contributed by atoms with Gasteiger partial charge in [0.05, 0.1) is 12.7 Å². The molecule has 0 spiro atoms. The first-order valence-corrected chi connectivity index (χ1v) is 12.0. The molecule has 0 radical (unpaired) electrons. The molecule has 168 valence electrons. The Labute approximate surface area is 189 Å². The van der Waals surface area contributed by atoms with E-state index < -0.39 is 0 Å². The average molecular weight is 433 g/mol. The molecule has 0 N–H and O–H groups in total. The minimum Gasteiger partial charge on any atom is -0.465 e. The molecule has 0 unspecified atom stereocenters. The van der Waals surface area contributed by atoms with E-state index >= 15 is 0 Å². The van der Waals surface area contributed by atoms with E-state index in [4.69, 9.17) is 14.7 Å². The fourth-order valence-electron chi connectivity index (χ4n) is 5.41. The summed E-state index contributed by atoms with van der Waals surface area (Å²) in [6.45, 7) is 3.02.